The Labute approximate surface area is 86.7 Å². The molecule has 3 heteroatoms. The molecule has 0 unspecified atom stereocenters. The number of hydrogen-bond donors (Lipinski definition) is 1. The lowest BCUT2D eigenvalue weighted by molar-refractivity contribution is 0.245. The second-order valence-corrected chi connectivity index (χ2v) is 4.74. The minimum atomic E-state index is -0.134. The van der Waals surface area contributed by atoms with Crippen molar-refractivity contribution in [1.82, 2.24) is 4.98 Å². The summed E-state index contributed by atoms with van der Waals surface area (Å²) in [6.45, 7) is 2.07. The van der Waals surface area contributed by atoms with Gasteiger partial charge in [0.25, 0.3) is 0 Å². The molecular formula is C10H13BrN2. The Morgan fingerprint density at radius 2 is 2.23 bits per heavy atom. The maximum atomic E-state index is 6.20. The highest BCUT2D eigenvalue weighted by Gasteiger charge is 2.36. The van der Waals surface area contributed by atoms with Gasteiger partial charge in [0.1, 0.15) is 0 Å². The van der Waals surface area contributed by atoms with Crippen LogP contribution in [0, 0.1) is 6.92 Å². The first-order valence-electron chi connectivity index (χ1n) is 4.53. The third-order valence-corrected chi connectivity index (χ3v) is 3.20. The molecule has 13 heavy (non-hydrogen) atoms. The number of pyridine rings is 1. The van der Waals surface area contributed by atoms with Crippen LogP contribution in [-0.2, 0) is 5.54 Å². The molecular weight excluding hydrogens is 228 g/mol. The molecule has 1 aromatic rings. The lowest BCUT2D eigenvalue weighted by atomic mass is 9.74. The van der Waals surface area contributed by atoms with Crippen LogP contribution in [0.1, 0.15) is 30.5 Å². The first kappa shape index (κ1) is 9.16. The summed E-state index contributed by atoms with van der Waals surface area (Å²) in [5.41, 5.74) is 8.33. The van der Waals surface area contributed by atoms with E-state index in [1.54, 1.807) is 0 Å². The zero-order valence-corrected chi connectivity index (χ0v) is 9.26. The number of aryl methyl sites for hydroxylation is 1. The van der Waals surface area contributed by atoms with Crippen molar-refractivity contribution in [3.05, 3.63) is 28.0 Å². The van der Waals surface area contributed by atoms with Crippen molar-refractivity contribution in [3.8, 4) is 0 Å². The van der Waals surface area contributed by atoms with Crippen molar-refractivity contribution in [2.45, 2.75) is 31.7 Å². The molecule has 70 valence electrons. The van der Waals surface area contributed by atoms with E-state index in [4.69, 9.17) is 5.73 Å². The van der Waals surface area contributed by atoms with Gasteiger partial charge in [0.05, 0.1) is 11.2 Å². The molecule has 0 atom stereocenters. The van der Waals surface area contributed by atoms with Gasteiger partial charge < -0.3 is 5.73 Å². The van der Waals surface area contributed by atoms with E-state index < -0.39 is 0 Å². The smallest absolute Gasteiger partial charge is 0.0632 e. The molecule has 1 heterocycles. The molecule has 0 amide bonds. The van der Waals surface area contributed by atoms with E-state index in [1.165, 1.54) is 12.0 Å². The highest BCUT2D eigenvalue weighted by atomic mass is 79.9. The normalized spacial score (nSPS) is 19.6. The molecule has 0 aromatic carbocycles. The maximum absolute atomic E-state index is 6.20. The van der Waals surface area contributed by atoms with Crippen LogP contribution in [0.25, 0.3) is 0 Å². The molecule has 2 rings (SSSR count). The summed E-state index contributed by atoms with van der Waals surface area (Å²) in [4.78, 5) is 4.40. The van der Waals surface area contributed by atoms with Crippen molar-refractivity contribution < 1.29 is 0 Å². The summed E-state index contributed by atoms with van der Waals surface area (Å²) in [6.07, 6.45) is 5.20. The topological polar surface area (TPSA) is 38.9 Å². The van der Waals surface area contributed by atoms with E-state index in [0.29, 0.717) is 0 Å². The van der Waals surface area contributed by atoms with Gasteiger partial charge in [-0.1, -0.05) is 0 Å². The molecule has 1 aliphatic carbocycles. The summed E-state index contributed by atoms with van der Waals surface area (Å²) in [6, 6.07) is 2.08. The van der Waals surface area contributed by atoms with Crippen LogP contribution in [0.15, 0.2) is 16.7 Å². The maximum Gasteiger partial charge on any atom is 0.0632 e. The van der Waals surface area contributed by atoms with E-state index in [1.807, 2.05) is 6.20 Å². The average molecular weight is 241 g/mol. The van der Waals surface area contributed by atoms with E-state index in [0.717, 1.165) is 23.0 Å². The van der Waals surface area contributed by atoms with Gasteiger partial charge in [0.2, 0.25) is 0 Å². The first-order chi connectivity index (χ1) is 6.12. The molecule has 2 N–H and O–H groups in total. The Morgan fingerprint density at radius 1 is 1.54 bits per heavy atom. The molecule has 1 saturated carbocycles. The van der Waals surface area contributed by atoms with Gasteiger partial charge in [-0.05, 0) is 53.7 Å². The van der Waals surface area contributed by atoms with Crippen LogP contribution in [0.5, 0.6) is 0 Å². The summed E-state index contributed by atoms with van der Waals surface area (Å²) in [7, 11) is 0. The van der Waals surface area contributed by atoms with Crippen molar-refractivity contribution >= 4 is 15.9 Å². The van der Waals surface area contributed by atoms with Crippen LogP contribution in [-0.4, -0.2) is 4.98 Å². The Bertz CT molecular complexity index is 332. The van der Waals surface area contributed by atoms with Crippen molar-refractivity contribution in [2.75, 3.05) is 0 Å². The monoisotopic (exact) mass is 240 g/mol. The lowest BCUT2D eigenvalue weighted by Gasteiger charge is -2.38. The first-order valence-corrected chi connectivity index (χ1v) is 5.33. The third-order valence-electron chi connectivity index (χ3n) is 2.76. The fourth-order valence-corrected chi connectivity index (χ4v) is 2.30. The van der Waals surface area contributed by atoms with Gasteiger partial charge in [-0.15, -0.1) is 0 Å². The van der Waals surface area contributed by atoms with Gasteiger partial charge in [-0.25, -0.2) is 0 Å². The molecule has 0 radical (unpaired) electrons. The third kappa shape index (κ3) is 1.51. The van der Waals surface area contributed by atoms with Crippen molar-refractivity contribution in [3.63, 3.8) is 0 Å². The number of aromatic nitrogens is 1. The Kier molecular flexibility index (Phi) is 2.16. The summed E-state index contributed by atoms with van der Waals surface area (Å²) in [5, 5.41) is 0. The molecule has 1 aliphatic rings. The van der Waals surface area contributed by atoms with Crippen LogP contribution in [0.2, 0.25) is 0 Å². The summed E-state index contributed by atoms with van der Waals surface area (Å²) in [5.74, 6) is 0. The number of halogens is 1. The van der Waals surface area contributed by atoms with Gasteiger partial charge in [0.15, 0.2) is 0 Å². The number of nitrogens with two attached hydrogens (primary N) is 1. The zero-order valence-electron chi connectivity index (χ0n) is 7.68. The summed E-state index contributed by atoms with van der Waals surface area (Å²) < 4.78 is 1.02. The van der Waals surface area contributed by atoms with E-state index in [-0.39, 0.29) is 5.54 Å². The van der Waals surface area contributed by atoms with Crippen LogP contribution in [0.4, 0.5) is 0 Å². The van der Waals surface area contributed by atoms with Gasteiger partial charge in [-0.3, -0.25) is 4.98 Å². The lowest BCUT2D eigenvalue weighted by Crippen LogP contribution is -2.44. The van der Waals surface area contributed by atoms with Crippen molar-refractivity contribution in [1.29, 1.82) is 0 Å². The minimum Gasteiger partial charge on any atom is -0.320 e. The van der Waals surface area contributed by atoms with E-state index >= 15 is 0 Å². The minimum absolute atomic E-state index is 0.134. The standard InChI is InChI=1S/C10H13BrN2/c1-7-5-8(11)6-13-9(7)10(12)3-2-4-10/h5-6H,2-4,12H2,1H3. The van der Waals surface area contributed by atoms with E-state index in [9.17, 15) is 0 Å². The SMILES string of the molecule is Cc1cc(Br)cnc1C1(N)CCC1. The highest BCUT2D eigenvalue weighted by molar-refractivity contribution is 9.10. The average Bonchev–Trinajstić information content (AvgIpc) is 2.00. The molecule has 0 saturated heterocycles. The van der Waals surface area contributed by atoms with Crippen molar-refractivity contribution in [2.24, 2.45) is 5.73 Å². The molecule has 2 nitrogen and oxygen atoms in total. The highest BCUT2D eigenvalue weighted by Crippen LogP contribution is 2.39. The predicted molar refractivity (Wildman–Crippen MR) is 56.4 cm³/mol. The number of nitrogens with zero attached hydrogens (tertiary/aromatic N) is 1. The van der Waals surface area contributed by atoms with Crippen LogP contribution in [0.3, 0.4) is 0 Å². The zero-order chi connectivity index (χ0) is 9.47. The second kappa shape index (κ2) is 3.07. The molecule has 0 spiro atoms. The van der Waals surface area contributed by atoms with Gasteiger partial charge in [-0.2, -0.15) is 0 Å². The number of rotatable bonds is 1. The summed E-state index contributed by atoms with van der Waals surface area (Å²) >= 11 is 3.40. The fraction of sp³-hybridized carbons (Fsp3) is 0.500. The molecule has 0 bridgehead atoms. The Balaban J connectivity index is 2.40. The quantitative estimate of drug-likeness (QED) is 0.820. The predicted octanol–water partition coefficient (Wildman–Crippen LogP) is 2.49. The Morgan fingerprint density at radius 3 is 2.69 bits per heavy atom. The van der Waals surface area contributed by atoms with Crippen LogP contribution >= 0.6 is 15.9 Å². The largest absolute Gasteiger partial charge is 0.320 e. The Hall–Kier alpha value is -0.410. The molecule has 1 fully saturated rings. The van der Waals surface area contributed by atoms with Gasteiger partial charge in [0, 0.05) is 10.7 Å². The van der Waals surface area contributed by atoms with E-state index in [2.05, 4.69) is 33.9 Å². The van der Waals surface area contributed by atoms with Gasteiger partial charge >= 0.3 is 0 Å². The molecule has 1 aromatic heterocycles. The van der Waals surface area contributed by atoms with Crippen LogP contribution < -0.4 is 5.73 Å². The molecule has 0 aliphatic heterocycles. The number of hydrogen-bond acceptors (Lipinski definition) is 2. The fourth-order valence-electron chi connectivity index (χ4n) is 1.86. The second-order valence-electron chi connectivity index (χ2n) is 3.83.